The first kappa shape index (κ1) is 18.6. The van der Waals surface area contributed by atoms with Gasteiger partial charge >= 0.3 is 5.63 Å². The predicted molar refractivity (Wildman–Crippen MR) is 103 cm³/mol. The van der Waals surface area contributed by atoms with E-state index in [0.717, 1.165) is 11.3 Å². The number of nitrogens with one attached hydrogen (secondary N) is 1. The third kappa shape index (κ3) is 3.18. The zero-order valence-electron chi connectivity index (χ0n) is 16.3. The lowest BCUT2D eigenvalue weighted by Crippen LogP contribution is -2.20. The molecule has 2 heterocycles. The molecule has 1 aromatic carbocycles. The number of aromatic amines is 1. The van der Waals surface area contributed by atoms with Gasteiger partial charge in [0.05, 0.1) is 17.1 Å². The van der Waals surface area contributed by atoms with Gasteiger partial charge in [0.15, 0.2) is 11.4 Å². The molecule has 142 valence electrons. The molecule has 0 fully saturated rings. The van der Waals surface area contributed by atoms with Crippen LogP contribution in [-0.2, 0) is 12.5 Å². The van der Waals surface area contributed by atoms with E-state index in [1.165, 1.54) is 0 Å². The molecule has 0 unspecified atom stereocenters. The number of azo groups is 1. The van der Waals surface area contributed by atoms with Gasteiger partial charge in [-0.05, 0) is 25.5 Å². The molecular formula is C19H23N5O3. The van der Waals surface area contributed by atoms with E-state index in [0.29, 0.717) is 11.4 Å². The molecule has 0 aliphatic carbocycles. The minimum absolute atomic E-state index is 0.0765. The highest BCUT2D eigenvalue weighted by Crippen LogP contribution is 2.28. The summed E-state index contributed by atoms with van der Waals surface area (Å²) >= 11 is 0. The van der Waals surface area contributed by atoms with E-state index in [9.17, 15) is 9.59 Å². The molecule has 8 nitrogen and oxygen atoms in total. The van der Waals surface area contributed by atoms with Gasteiger partial charge in [0.1, 0.15) is 0 Å². The molecule has 3 aromatic rings. The lowest BCUT2D eigenvalue weighted by molar-refractivity contribution is 0.370. The zero-order valence-corrected chi connectivity index (χ0v) is 16.3. The molecule has 0 bridgehead atoms. The molecule has 3 rings (SSSR count). The van der Waals surface area contributed by atoms with Crippen LogP contribution in [-0.4, -0.2) is 14.5 Å². The maximum atomic E-state index is 13.0. The number of benzene rings is 1. The second-order valence-electron chi connectivity index (χ2n) is 7.53. The fourth-order valence-electron chi connectivity index (χ4n) is 2.88. The number of aromatic nitrogens is 3. The van der Waals surface area contributed by atoms with Crippen molar-refractivity contribution in [3.63, 3.8) is 0 Å². The van der Waals surface area contributed by atoms with Crippen molar-refractivity contribution >= 4 is 11.4 Å². The molecule has 2 aromatic heterocycles. The van der Waals surface area contributed by atoms with Crippen molar-refractivity contribution in [2.24, 2.45) is 17.3 Å². The molecule has 0 amide bonds. The van der Waals surface area contributed by atoms with E-state index in [-0.39, 0.29) is 22.3 Å². The third-order valence-corrected chi connectivity index (χ3v) is 4.54. The Morgan fingerprint density at radius 3 is 2.30 bits per heavy atom. The number of para-hydroxylation sites is 1. The van der Waals surface area contributed by atoms with Gasteiger partial charge in [0, 0.05) is 12.5 Å². The average Bonchev–Trinajstić information content (AvgIpc) is 3.06. The Balaban J connectivity index is 2.14. The summed E-state index contributed by atoms with van der Waals surface area (Å²) in [5.74, 6) is 0. The second kappa shape index (κ2) is 6.53. The molecule has 0 saturated heterocycles. The summed E-state index contributed by atoms with van der Waals surface area (Å²) in [5, 5.41) is 10.8. The minimum Gasteiger partial charge on any atom is -0.336 e. The molecule has 0 saturated carbocycles. The van der Waals surface area contributed by atoms with Crippen LogP contribution in [0, 0.1) is 13.8 Å². The smallest absolute Gasteiger partial charge is 0.336 e. The van der Waals surface area contributed by atoms with Crippen LogP contribution in [0.15, 0.2) is 48.6 Å². The van der Waals surface area contributed by atoms with Crippen LogP contribution in [0.5, 0.6) is 0 Å². The topological polar surface area (TPSA) is 97.7 Å². The standard InChI is InChI=1S/C19H23N5O3/c1-11-9-7-8-10-13(11)24-17(25)14(12(2)23(24)6)20-21-15-16(19(3,4)5)22-27-18(15)26/h7-10,22H,1-6H3. The number of hydrogen-bond acceptors (Lipinski definition) is 5. The summed E-state index contributed by atoms with van der Waals surface area (Å²) in [6.45, 7) is 9.49. The second-order valence-corrected chi connectivity index (χ2v) is 7.53. The summed E-state index contributed by atoms with van der Waals surface area (Å²) in [6.07, 6.45) is 0. The SMILES string of the molecule is Cc1ccccc1-n1c(=O)c(N=Nc2c(C(C)(C)C)[nH]oc2=O)c(C)n1C. The van der Waals surface area contributed by atoms with Crippen LogP contribution < -0.4 is 11.2 Å². The fourth-order valence-corrected chi connectivity index (χ4v) is 2.88. The highest BCUT2D eigenvalue weighted by atomic mass is 16.5. The van der Waals surface area contributed by atoms with Gasteiger partial charge in [-0.1, -0.05) is 39.0 Å². The Morgan fingerprint density at radius 2 is 1.67 bits per heavy atom. The van der Waals surface area contributed by atoms with Gasteiger partial charge in [-0.2, -0.15) is 0 Å². The Kier molecular flexibility index (Phi) is 4.51. The van der Waals surface area contributed by atoms with Crippen molar-refractivity contribution in [1.29, 1.82) is 0 Å². The van der Waals surface area contributed by atoms with E-state index in [4.69, 9.17) is 4.52 Å². The average molecular weight is 369 g/mol. The van der Waals surface area contributed by atoms with Gasteiger partial charge in [0.25, 0.3) is 5.56 Å². The van der Waals surface area contributed by atoms with Crippen LogP contribution in [0.1, 0.15) is 37.7 Å². The summed E-state index contributed by atoms with van der Waals surface area (Å²) in [6, 6.07) is 7.60. The van der Waals surface area contributed by atoms with Crippen molar-refractivity contribution in [3.05, 3.63) is 62.0 Å². The molecule has 0 aliphatic heterocycles. The lowest BCUT2D eigenvalue weighted by atomic mass is 9.91. The van der Waals surface area contributed by atoms with Crippen LogP contribution >= 0.6 is 0 Å². The molecule has 0 radical (unpaired) electrons. The summed E-state index contributed by atoms with van der Waals surface area (Å²) in [5.41, 5.74) is 1.87. The van der Waals surface area contributed by atoms with Crippen molar-refractivity contribution in [2.45, 2.75) is 40.0 Å². The summed E-state index contributed by atoms with van der Waals surface area (Å²) < 4.78 is 8.13. The molecular weight excluding hydrogens is 346 g/mol. The Bertz CT molecular complexity index is 1140. The third-order valence-electron chi connectivity index (χ3n) is 4.54. The number of H-pyrrole nitrogens is 1. The normalized spacial score (nSPS) is 12.2. The zero-order chi connectivity index (χ0) is 19.9. The first-order valence-electron chi connectivity index (χ1n) is 8.61. The Morgan fingerprint density at radius 1 is 1.04 bits per heavy atom. The fraction of sp³-hybridized carbons (Fsp3) is 0.368. The summed E-state index contributed by atoms with van der Waals surface area (Å²) in [4.78, 5) is 24.9. The van der Waals surface area contributed by atoms with Crippen molar-refractivity contribution in [2.75, 3.05) is 0 Å². The number of aryl methyl sites for hydroxylation is 1. The highest BCUT2D eigenvalue weighted by Gasteiger charge is 2.25. The minimum atomic E-state index is -0.614. The molecule has 27 heavy (non-hydrogen) atoms. The number of hydrogen-bond donors (Lipinski definition) is 1. The van der Waals surface area contributed by atoms with Gasteiger partial charge in [0.2, 0.25) is 0 Å². The van der Waals surface area contributed by atoms with Crippen molar-refractivity contribution in [3.8, 4) is 5.69 Å². The number of rotatable bonds is 3. The van der Waals surface area contributed by atoms with E-state index in [2.05, 4.69) is 15.4 Å². The van der Waals surface area contributed by atoms with Crippen molar-refractivity contribution < 1.29 is 4.52 Å². The quantitative estimate of drug-likeness (QED) is 0.711. The van der Waals surface area contributed by atoms with Crippen molar-refractivity contribution in [1.82, 2.24) is 14.5 Å². The van der Waals surface area contributed by atoms with Crippen LogP contribution in [0.3, 0.4) is 0 Å². The van der Waals surface area contributed by atoms with Gasteiger partial charge in [-0.25, -0.2) is 14.6 Å². The van der Waals surface area contributed by atoms with Crippen LogP contribution in [0.4, 0.5) is 11.4 Å². The van der Waals surface area contributed by atoms with Gasteiger partial charge < -0.3 is 4.52 Å². The molecule has 0 spiro atoms. The van der Waals surface area contributed by atoms with Gasteiger partial charge in [-0.3, -0.25) is 9.48 Å². The maximum absolute atomic E-state index is 13.0. The van der Waals surface area contributed by atoms with E-state index in [1.54, 1.807) is 23.3 Å². The van der Waals surface area contributed by atoms with Crippen LogP contribution in [0.2, 0.25) is 0 Å². The first-order chi connectivity index (χ1) is 12.6. The molecule has 0 aliphatic rings. The lowest BCUT2D eigenvalue weighted by Gasteiger charge is -2.14. The molecule has 0 atom stereocenters. The largest absolute Gasteiger partial charge is 0.384 e. The molecule has 8 heteroatoms. The first-order valence-corrected chi connectivity index (χ1v) is 8.61. The van der Waals surface area contributed by atoms with Crippen LogP contribution in [0.25, 0.3) is 5.69 Å². The summed E-state index contributed by atoms with van der Waals surface area (Å²) in [7, 11) is 1.79. The predicted octanol–water partition coefficient (Wildman–Crippen LogP) is 3.79. The molecule has 1 N–H and O–H groups in total. The van der Waals surface area contributed by atoms with E-state index < -0.39 is 5.63 Å². The Hall–Kier alpha value is -3.16. The highest BCUT2D eigenvalue weighted by molar-refractivity contribution is 5.48. The van der Waals surface area contributed by atoms with Gasteiger partial charge in [-0.15, -0.1) is 10.2 Å². The van der Waals surface area contributed by atoms with E-state index >= 15 is 0 Å². The Labute approximate surface area is 156 Å². The number of nitrogens with zero attached hydrogens (tertiary/aromatic N) is 4. The monoisotopic (exact) mass is 369 g/mol. The maximum Gasteiger partial charge on any atom is 0.384 e. The van der Waals surface area contributed by atoms with E-state index in [1.807, 2.05) is 52.0 Å².